The molecule has 0 spiro atoms. The molecule has 0 aromatic carbocycles. The van der Waals surface area contributed by atoms with Crippen LogP contribution < -0.4 is 10.7 Å². The second-order valence-corrected chi connectivity index (χ2v) is 9.34. The first-order valence-electron chi connectivity index (χ1n) is 11.2. The molecule has 1 aromatic heterocycles. The summed E-state index contributed by atoms with van der Waals surface area (Å²) < 4.78 is 44.7. The molecule has 3 aliphatic rings. The maximum absolute atomic E-state index is 13.7. The average molecular weight is 441 g/mol. The summed E-state index contributed by atoms with van der Waals surface area (Å²) in [5.74, 6) is 0.103. The van der Waals surface area contributed by atoms with E-state index in [0.717, 1.165) is 57.6 Å². The fourth-order valence-corrected chi connectivity index (χ4v) is 5.17. The number of aromatic nitrogens is 1. The summed E-state index contributed by atoms with van der Waals surface area (Å²) in [6, 6.07) is 1.74. The standard InChI is InChI=1S/C22H31F3N4O2/c1-14(2)21(7-3-17(12-21)27-16-5-9-31-10-6-16)20(30)29-8-4-18-19(28-29)11-15(13-26-18)22(23,24)25/h11,13-14,16-17,27-28H,3-10,12H2,1-2H3/t17-,21+/m1/s1. The Morgan fingerprint density at radius 3 is 2.71 bits per heavy atom. The van der Waals surface area contributed by atoms with Gasteiger partial charge in [-0.1, -0.05) is 13.8 Å². The van der Waals surface area contributed by atoms with E-state index in [9.17, 15) is 18.0 Å². The molecule has 31 heavy (non-hydrogen) atoms. The van der Waals surface area contributed by atoms with Crippen LogP contribution in [-0.2, 0) is 22.1 Å². The Kier molecular flexibility index (Phi) is 6.18. The van der Waals surface area contributed by atoms with E-state index in [-0.39, 0.29) is 23.6 Å². The van der Waals surface area contributed by atoms with Crippen LogP contribution in [0.15, 0.2) is 12.3 Å². The summed E-state index contributed by atoms with van der Waals surface area (Å²) in [6.45, 7) is 6.07. The van der Waals surface area contributed by atoms with E-state index in [1.54, 1.807) is 0 Å². The molecule has 4 rings (SSSR count). The van der Waals surface area contributed by atoms with Gasteiger partial charge in [0, 0.05) is 44.5 Å². The molecule has 2 fully saturated rings. The van der Waals surface area contributed by atoms with Gasteiger partial charge >= 0.3 is 6.18 Å². The number of carbonyl (C=O) groups excluding carboxylic acids is 1. The Morgan fingerprint density at radius 1 is 1.29 bits per heavy atom. The number of carbonyl (C=O) groups is 1. The number of ether oxygens (including phenoxy) is 1. The lowest BCUT2D eigenvalue weighted by Crippen LogP contribution is -2.51. The first-order valence-corrected chi connectivity index (χ1v) is 11.2. The van der Waals surface area contributed by atoms with Gasteiger partial charge in [0.25, 0.3) is 0 Å². The Morgan fingerprint density at radius 2 is 2.03 bits per heavy atom. The maximum Gasteiger partial charge on any atom is 0.417 e. The second kappa shape index (κ2) is 8.58. The van der Waals surface area contributed by atoms with Gasteiger partial charge in [-0.25, -0.2) is 0 Å². The third kappa shape index (κ3) is 4.53. The van der Waals surface area contributed by atoms with Crippen LogP contribution in [0.4, 0.5) is 18.9 Å². The van der Waals surface area contributed by atoms with Crippen molar-refractivity contribution >= 4 is 11.6 Å². The maximum atomic E-state index is 13.7. The molecule has 1 aromatic rings. The highest BCUT2D eigenvalue weighted by Crippen LogP contribution is 2.46. The molecule has 0 bridgehead atoms. The average Bonchev–Trinajstić information content (AvgIpc) is 3.17. The normalized spacial score (nSPS) is 27.3. The van der Waals surface area contributed by atoms with Crippen molar-refractivity contribution in [2.75, 3.05) is 25.2 Å². The predicted molar refractivity (Wildman–Crippen MR) is 110 cm³/mol. The van der Waals surface area contributed by atoms with Gasteiger partial charge in [-0.15, -0.1) is 0 Å². The first kappa shape index (κ1) is 22.3. The number of anilines is 1. The first-order chi connectivity index (χ1) is 14.7. The molecule has 172 valence electrons. The number of fused-ring (bicyclic) bond motifs is 1. The molecule has 1 aliphatic carbocycles. The van der Waals surface area contributed by atoms with Crippen molar-refractivity contribution in [2.45, 2.75) is 70.6 Å². The van der Waals surface area contributed by atoms with Crippen LogP contribution in [0.1, 0.15) is 57.2 Å². The van der Waals surface area contributed by atoms with E-state index in [1.807, 2.05) is 0 Å². The second-order valence-electron chi connectivity index (χ2n) is 9.34. The summed E-state index contributed by atoms with van der Waals surface area (Å²) in [4.78, 5) is 17.6. The van der Waals surface area contributed by atoms with Crippen LogP contribution in [0.2, 0.25) is 0 Å². The van der Waals surface area contributed by atoms with Crippen molar-refractivity contribution in [3.05, 3.63) is 23.5 Å². The molecule has 1 amide bonds. The summed E-state index contributed by atoms with van der Waals surface area (Å²) >= 11 is 0. The molecule has 1 saturated heterocycles. The van der Waals surface area contributed by atoms with Gasteiger partial charge in [0.1, 0.15) is 0 Å². The van der Waals surface area contributed by atoms with Crippen LogP contribution in [0.5, 0.6) is 0 Å². The number of hydrazine groups is 1. The van der Waals surface area contributed by atoms with Gasteiger partial charge in [0.2, 0.25) is 5.91 Å². The molecule has 0 unspecified atom stereocenters. The third-order valence-electron chi connectivity index (χ3n) is 7.14. The molecule has 2 atom stereocenters. The number of hydrogen-bond donors (Lipinski definition) is 2. The SMILES string of the molecule is CC(C)[C@]1(C(=O)N2CCc3ncc(C(F)(F)F)cc3N2)CC[C@@H](NC2CCOCC2)C1. The highest BCUT2D eigenvalue weighted by molar-refractivity contribution is 5.85. The lowest BCUT2D eigenvalue weighted by molar-refractivity contribution is -0.143. The van der Waals surface area contributed by atoms with Gasteiger partial charge in [0.15, 0.2) is 0 Å². The van der Waals surface area contributed by atoms with Crippen LogP contribution in [0.3, 0.4) is 0 Å². The minimum Gasteiger partial charge on any atom is -0.381 e. The van der Waals surface area contributed by atoms with Crippen molar-refractivity contribution in [3.63, 3.8) is 0 Å². The highest BCUT2D eigenvalue weighted by atomic mass is 19.4. The molecule has 9 heteroatoms. The van der Waals surface area contributed by atoms with Gasteiger partial charge < -0.3 is 10.1 Å². The van der Waals surface area contributed by atoms with Crippen molar-refractivity contribution in [3.8, 4) is 0 Å². The number of halogens is 3. The Labute approximate surface area is 180 Å². The molecule has 1 saturated carbocycles. The number of pyridine rings is 1. The minimum absolute atomic E-state index is 0.0261. The van der Waals surface area contributed by atoms with E-state index in [2.05, 4.69) is 29.6 Å². The highest BCUT2D eigenvalue weighted by Gasteiger charge is 2.50. The minimum atomic E-state index is -4.47. The topological polar surface area (TPSA) is 66.5 Å². The van der Waals surface area contributed by atoms with Gasteiger partial charge in [-0.3, -0.25) is 20.2 Å². The Balaban J connectivity index is 1.48. The molecule has 3 heterocycles. The Bertz CT molecular complexity index is 810. The summed E-state index contributed by atoms with van der Waals surface area (Å²) in [6.07, 6.45) is 1.23. The fourth-order valence-electron chi connectivity index (χ4n) is 5.17. The molecular weight excluding hydrogens is 409 g/mol. The zero-order valence-corrected chi connectivity index (χ0v) is 18.1. The zero-order valence-electron chi connectivity index (χ0n) is 18.1. The van der Waals surface area contributed by atoms with Crippen LogP contribution in [-0.4, -0.2) is 47.7 Å². The van der Waals surface area contributed by atoms with E-state index in [1.165, 1.54) is 5.01 Å². The van der Waals surface area contributed by atoms with Crippen molar-refractivity contribution < 1.29 is 22.7 Å². The van der Waals surface area contributed by atoms with E-state index >= 15 is 0 Å². The van der Waals surface area contributed by atoms with Crippen LogP contribution in [0.25, 0.3) is 0 Å². The predicted octanol–water partition coefficient (Wildman–Crippen LogP) is 3.78. The lowest BCUT2D eigenvalue weighted by atomic mass is 9.74. The number of rotatable bonds is 4. The van der Waals surface area contributed by atoms with Crippen molar-refractivity contribution in [2.24, 2.45) is 11.3 Å². The molecule has 6 nitrogen and oxygen atoms in total. The molecule has 2 aliphatic heterocycles. The zero-order chi connectivity index (χ0) is 22.2. The largest absolute Gasteiger partial charge is 0.417 e. The Hall–Kier alpha value is -1.87. The number of alkyl halides is 3. The van der Waals surface area contributed by atoms with E-state index in [0.29, 0.717) is 24.7 Å². The molecular formula is C22H31F3N4O2. The molecule has 2 N–H and O–H groups in total. The van der Waals surface area contributed by atoms with Crippen LogP contribution >= 0.6 is 0 Å². The lowest BCUT2D eigenvalue weighted by Gasteiger charge is -2.40. The summed E-state index contributed by atoms with van der Waals surface area (Å²) in [7, 11) is 0. The number of nitrogens with zero attached hydrogens (tertiary/aromatic N) is 2. The van der Waals surface area contributed by atoms with E-state index in [4.69, 9.17) is 4.74 Å². The fraction of sp³-hybridized carbons (Fsp3) is 0.727. The number of amides is 1. The quantitative estimate of drug-likeness (QED) is 0.746. The van der Waals surface area contributed by atoms with Gasteiger partial charge in [-0.05, 0) is 44.1 Å². The van der Waals surface area contributed by atoms with Gasteiger partial charge in [0.05, 0.1) is 22.4 Å². The third-order valence-corrected chi connectivity index (χ3v) is 7.14. The van der Waals surface area contributed by atoms with Crippen LogP contribution in [0, 0.1) is 11.3 Å². The molecule has 0 radical (unpaired) electrons. The summed E-state index contributed by atoms with van der Waals surface area (Å²) in [5, 5.41) is 5.23. The van der Waals surface area contributed by atoms with Gasteiger partial charge in [-0.2, -0.15) is 13.2 Å². The monoisotopic (exact) mass is 440 g/mol. The smallest absolute Gasteiger partial charge is 0.381 e. The van der Waals surface area contributed by atoms with Crippen molar-refractivity contribution in [1.82, 2.24) is 15.3 Å². The number of nitrogens with one attached hydrogen (secondary N) is 2. The summed E-state index contributed by atoms with van der Waals surface area (Å²) in [5.41, 5.74) is 2.43. The van der Waals surface area contributed by atoms with Crippen molar-refractivity contribution in [1.29, 1.82) is 0 Å². The van der Waals surface area contributed by atoms with E-state index < -0.39 is 17.2 Å². The number of hydrogen-bond acceptors (Lipinski definition) is 5.